The fraction of sp³-hybridized carbons (Fsp3) is 0.467. The first-order valence-corrected chi connectivity index (χ1v) is 7.30. The number of hydrogen-bond acceptors (Lipinski definition) is 1. The summed E-state index contributed by atoms with van der Waals surface area (Å²) < 4.78 is 14.0. The van der Waals surface area contributed by atoms with Gasteiger partial charge in [0.15, 0.2) is 0 Å². The lowest BCUT2D eigenvalue weighted by atomic mass is 9.93. The first-order chi connectivity index (χ1) is 8.68. The number of aliphatic hydroxyl groups excluding tert-OH is 1. The summed E-state index contributed by atoms with van der Waals surface area (Å²) >= 11 is 3.38. The van der Waals surface area contributed by atoms with E-state index in [1.807, 2.05) is 0 Å². The third-order valence-electron chi connectivity index (χ3n) is 3.43. The zero-order valence-corrected chi connectivity index (χ0v) is 11.9. The van der Waals surface area contributed by atoms with Crippen LogP contribution in [-0.4, -0.2) is 5.11 Å². The Labute approximate surface area is 116 Å². The van der Waals surface area contributed by atoms with Crippen LogP contribution in [0.3, 0.4) is 0 Å². The maximum absolute atomic E-state index is 13.3. The molecular formula is C15H18BrFO. The Morgan fingerprint density at radius 1 is 1.17 bits per heavy atom. The standard InChI is InChI=1S/C15H18BrFO/c16-14-9-8-12(17)10-13(14)15(18)11-6-4-2-1-3-5-7-11/h6,8-10,15,18H,1-5,7H2/b11-6+. The summed E-state index contributed by atoms with van der Waals surface area (Å²) in [5, 5.41) is 10.4. The van der Waals surface area contributed by atoms with Crippen LogP contribution in [0.2, 0.25) is 0 Å². The van der Waals surface area contributed by atoms with Crippen molar-refractivity contribution in [2.24, 2.45) is 0 Å². The van der Waals surface area contributed by atoms with E-state index in [4.69, 9.17) is 0 Å². The van der Waals surface area contributed by atoms with Gasteiger partial charge in [-0.2, -0.15) is 0 Å². The zero-order valence-electron chi connectivity index (χ0n) is 10.3. The van der Waals surface area contributed by atoms with E-state index in [1.54, 1.807) is 6.07 Å². The molecule has 0 bridgehead atoms. The monoisotopic (exact) mass is 312 g/mol. The third kappa shape index (κ3) is 3.42. The van der Waals surface area contributed by atoms with Gasteiger partial charge in [-0.25, -0.2) is 4.39 Å². The van der Waals surface area contributed by atoms with Crippen LogP contribution >= 0.6 is 15.9 Å². The normalized spacial score (nSPS) is 21.6. The molecule has 0 aliphatic heterocycles. The molecule has 2 rings (SSSR count). The molecule has 1 aliphatic carbocycles. The van der Waals surface area contributed by atoms with E-state index in [2.05, 4.69) is 22.0 Å². The van der Waals surface area contributed by atoms with Gasteiger partial charge < -0.3 is 5.11 Å². The molecule has 1 atom stereocenters. The van der Waals surface area contributed by atoms with E-state index >= 15 is 0 Å². The quantitative estimate of drug-likeness (QED) is 0.770. The predicted molar refractivity (Wildman–Crippen MR) is 74.8 cm³/mol. The van der Waals surface area contributed by atoms with Crippen LogP contribution in [0.25, 0.3) is 0 Å². The summed E-state index contributed by atoms with van der Waals surface area (Å²) in [5.41, 5.74) is 1.66. The number of aliphatic hydroxyl groups is 1. The van der Waals surface area contributed by atoms with Gasteiger partial charge in [-0.05, 0) is 49.5 Å². The number of benzene rings is 1. The van der Waals surface area contributed by atoms with Crippen LogP contribution in [-0.2, 0) is 0 Å². The van der Waals surface area contributed by atoms with Crippen molar-refractivity contribution in [3.63, 3.8) is 0 Å². The summed E-state index contributed by atoms with van der Waals surface area (Å²) in [5.74, 6) is -0.307. The molecule has 1 unspecified atom stereocenters. The van der Waals surface area contributed by atoms with Crippen LogP contribution in [0.15, 0.2) is 34.3 Å². The minimum absolute atomic E-state index is 0.307. The molecule has 18 heavy (non-hydrogen) atoms. The van der Waals surface area contributed by atoms with E-state index in [1.165, 1.54) is 31.4 Å². The van der Waals surface area contributed by atoms with Crippen molar-refractivity contribution in [3.05, 3.63) is 45.7 Å². The van der Waals surface area contributed by atoms with Gasteiger partial charge in [-0.3, -0.25) is 0 Å². The number of rotatable bonds is 2. The largest absolute Gasteiger partial charge is 0.384 e. The molecule has 0 saturated carbocycles. The van der Waals surface area contributed by atoms with Gasteiger partial charge in [-0.15, -0.1) is 0 Å². The Hall–Kier alpha value is -0.670. The van der Waals surface area contributed by atoms with Gasteiger partial charge in [0, 0.05) is 10.0 Å². The topological polar surface area (TPSA) is 20.2 Å². The molecule has 1 aromatic rings. The maximum atomic E-state index is 13.3. The number of allylic oxidation sites excluding steroid dienone is 1. The van der Waals surface area contributed by atoms with E-state index in [9.17, 15) is 9.50 Å². The Morgan fingerprint density at radius 2 is 1.94 bits per heavy atom. The SMILES string of the molecule is OC(/C1=C/CCCCCC1)c1cc(F)ccc1Br. The van der Waals surface area contributed by atoms with E-state index in [0.717, 1.165) is 29.3 Å². The van der Waals surface area contributed by atoms with Crippen molar-refractivity contribution in [3.8, 4) is 0 Å². The second-order valence-electron chi connectivity index (χ2n) is 4.80. The molecule has 0 fully saturated rings. The van der Waals surface area contributed by atoms with Gasteiger partial charge in [0.1, 0.15) is 11.9 Å². The summed E-state index contributed by atoms with van der Waals surface area (Å²) in [6.07, 6.45) is 8.13. The maximum Gasteiger partial charge on any atom is 0.123 e. The van der Waals surface area contributed by atoms with Crippen LogP contribution in [0, 0.1) is 5.82 Å². The molecule has 0 amide bonds. The van der Waals surface area contributed by atoms with Crippen LogP contribution in [0.5, 0.6) is 0 Å². The Bertz CT molecular complexity index is 442. The van der Waals surface area contributed by atoms with Gasteiger partial charge >= 0.3 is 0 Å². The molecule has 1 nitrogen and oxygen atoms in total. The van der Waals surface area contributed by atoms with Crippen molar-refractivity contribution in [2.45, 2.75) is 44.6 Å². The lowest BCUT2D eigenvalue weighted by Crippen LogP contribution is -2.05. The van der Waals surface area contributed by atoms with E-state index in [0.29, 0.717) is 5.56 Å². The number of hydrogen-bond donors (Lipinski definition) is 1. The first kappa shape index (κ1) is 13.8. The summed E-state index contributed by atoms with van der Waals surface area (Å²) in [4.78, 5) is 0. The van der Waals surface area contributed by atoms with Gasteiger partial charge in [0.2, 0.25) is 0 Å². The molecule has 1 aliphatic rings. The van der Waals surface area contributed by atoms with E-state index < -0.39 is 6.10 Å². The highest BCUT2D eigenvalue weighted by molar-refractivity contribution is 9.10. The Kier molecular flexibility index (Phi) is 4.95. The van der Waals surface area contributed by atoms with Gasteiger partial charge in [0.25, 0.3) is 0 Å². The van der Waals surface area contributed by atoms with Crippen molar-refractivity contribution < 1.29 is 9.50 Å². The minimum Gasteiger partial charge on any atom is -0.384 e. The van der Waals surface area contributed by atoms with Crippen LogP contribution in [0.4, 0.5) is 4.39 Å². The lowest BCUT2D eigenvalue weighted by Gasteiger charge is -2.19. The molecule has 1 N–H and O–H groups in total. The molecule has 3 heteroatoms. The lowest BCUT2D eigenvalue weighted by molar-refractivity contribution is 0.208. The summed E-state index contributed by atoms with van der Waals surface area (Å²) in [7, 11) is 0. The molecule has 1 aromatic carbocycles. The van der Waals surface area contributed by atoms with Gasteiger partial charge in [-0.1, -0.05) is 34.8 Å². The van der Waals surface area contributed by atoms with Gasteiger partial charge in [0.05, 0.1) is 0 Å². The molecule has 0 heterocycles. The van der Waals surface area contributed by atoms with Crippen molar-refractivity contribution in [1.82, 2.24) is 0 Å². The summed E-state index contributed by atoms with van der Waals surface area (Å²) in [6.45, 7) is 0. The fourth-order valence-electron chi connectivity index (χ4n) is 2.39. The summed E-state index contributed by atoms with van der Waals surface area (Å²) in [6, 6.07) is 4.46. The zero-order chi connectivity index (χ0) is 13.0. The highest BCUT2D eigenvalue weighted by Crippen LogP contribution is 2.33. The molecule has 0 aromatic heterocycles. The Morgan fingerprint density at radius 3 is 2.78 bits per heavy atom. The van der Waals surface area contributed by atoms with Crippen molar-refractivity contribution in [2.75, 3.05) is 0 Å². The molecule has 98 valence electrons. The minimum atomic E-state index is -0.687. The van der Waals surface area contributed by atoms with Crippen molar-refractivity contribution >= 4 is 15.9 Å². The highest BCUT2D eigenvalue weighted by atomic mass is 79.9. The van der Waals surface area contributed by atoms with Crippen LogP contribution < -0.4 is 0 Å². The molecular weight excluding hydrogens is 295 g/mol. The van der Waals surface area contributed by atoms with Crippen LogP contribution in [0.1, 0.15) is 50.2 Å². The number of halogens is 2. The third-order valence-corrected chi connectivity index (χ3v) is 4.15. The second-order valence-corrected chi connectivity index (χ2v) is 5.65. The van der Waals surface area contributed by atoms with E-state index in [-0.39, 0.29) is 5.82 Å². The Balaban J connectivity index is 2.23. The smallest absolute Gasteiger partial charge is 0.123 e. The molecule has 0 spiro atoms. The fourth-order valence-corrected chi connectivity index (χ4v) is 2.85. The average molecular weight is 313 g/mol. The predicted octanol–water partition coefficient (Wildman–Crippen LogP) is 4.90. The highest BCUT2D eigenvalue weighted by Gasteiger charge is 2.17. The average Bonchev–Trinajstić information content (AvgIpc) is 2.31. The molecule has 0 radical (unpaired) electrons. The molecule has 0 saturated heterocycles. The van der Waals surface area contributed by atoms with Crippen molar-refractivity contribution in [1.29, 1.82) is 0 Å². The first-order valence-electron chi connectivity index (χ1n) is 6.50. The second kappa shape index (κ2) is 6.48.